The zero-order valence-corrected chi connectivity index (χ0v) is 17.5. The molecule has 2 aliphatic rings. The van der Waals surface area contributed by atoms with Gasteiger partial charge in [-0.1, -0.05) is 18.2 Å². The number of pyridine rings is 1. The van der Waals surface area contributed by atoms with Crippen molar-refractivity contribution in [1.82, 2.24) is 9.47 Å². The van der Waals surface area contributed by atoms with Crippen LogP contribution in [0.4, 0.5) is 13.2 Å². The minimum atomic E-state index is -4.72. The summed E-state index contributed by atoms with van der Waals surface area (Å²) in [7, 11) is 0. The van der Waals surface area contributed by atoms with Gasteiger partial charge in [-0.3, -0.25) is 9.69 Å². The third-order valence-corrected chi connectivity index (χ3v) is 6.89. The fourth-order valence-electron chi connectivity index (χ4n) is 4.95. The summed E-state index contributed by atoms with van der Waals surface area (Å²) in [6.45, 7) is 3.41. The molecular formula is C23H21F3N2O2S. The molecule has 1 aromatic carbocycles. The molecule has 2 atom stereocenters. The van der Waals surface area contributed by atoms with Gasteiger partial charge in [-0.15, -0.1) is 24.5 Å². The minimum absolute atomic E-state index is 0.0165. The molecule has 3 aromatic rings. The van der Waals surface area contributed by atoms with E-state index < -0.39 is 6.36 Å². The number of thiophene rings is 1. The van der Waals surface area contributed by atoms with Crippen molar-refractivity contribution in [2.75, 3.05) is 13.1 Å². The summed E-state index contributed by atoms with van der Waals surface area (Å²) in [5.41, 5.74) is 2.66. The van der Waals surface area contributed by atoms with Crippen molar-refractivity contribution in [3.63, 3.8) is 0 Å². The number of ether oxygens (including phenoxy) is 1. The fourth-order valence-corrected chi connectivity index (χ4v) is 5.69. The van der Waals surface area contributed by atoms with Crippen molar-refractivity contribution >= 4 is 11.3 Å². The van der Waals surface area contributed by atoms with E-state index in [4.69, 9.17) is 0 Å². The van der Waals surface area contributed by atoms with Crippen LogP contribution in [0.5, 0.6) is 5.75 Å². The van der Waals surface area contributed by atoms with E-state index in [-0.39, 0.29) is 17.2 Å². The highest BCUT2D eigenvalue weighted by Crippen LogP contribution is 2.40. The summed E-state index contributed by atoms with van der Waals surface area (Å²) in [4.78, 5) is 16.4. The van der Waals surface area contributed by atoms with E-state index in [0.29, 0.717) is 12.5 Å². The van der Waals surface area contributed by atoms with E-state index in [1.165, 1.54) is 17.0 Å². The first-order valence-electron chi connectivity index (χ1n) is 10.2. The Bertz CT molecular complexity index is 1120. The SMILES string of the molecule is O=c1ccc(-c2ccc(OC(F)(F)F)cc2)c2n1C[C@H]1C[C@@H]2CN(Cc2cccs2)C1. The third-order valence-electron chi connectivity index (χ3n) is 6.02. The molecule has 0 unspecified atom stereocenters. The van der Waals surface area contributed by atoms with Gasteiger partial charge in [-0.25, -0.2) is 0 Å². The first kappa shape index (κ1) is 20.3. The largest absolute Gasteiger partial charge is 0.573 e. The maximum atomic E-state index is 12.6. The number of fused-ring (bicyclic) bond motifs is 4. The maximum Gasteiger partial charge on any atom is 0.573 e. The zero-order valence-electron chi connectivity index (χ0n) is 16.6. The summed E-state index contributed by atoms with van der Waals surface area (Å²) < 4.78 is 43.3. The number of hydrogen-bond donors (Lipinski definition) is 0. The van der Waals surface area contributed by atoms with Gasteiger partial charge in [-0.05, 0) is 47.5 Å². The van der Waals surface area contributed by atoms with Gasteiger partial charge >= 0.3 is 6.36 Å². The monoisotopic (exact) mass is 446 g/mol. The van der Waals surface area contributed by atoms with Crippen LogP contribution in [0.3, 0.4) is 0 Å². The van der Waals surface area contributed by atoms with Gasteiger partial charge in [0, 0.05) is 54.3 Å². The van der Waals surface area contributed by atoms with Gasteiger partial charge in [0.25, 0.3) is 5.56 Å². The van der Waals surface area contributed by atoms with Crippen molar-refractivity contribution in [2.45, 2.75) is 31.8 Å². The van der Waals surface area contributed by atoms with E-state index in [1.807, 2.05) is 4.57 Å². The lowest BCUT2D eigenvalue weighted by molar-refractivity contribution is -0.274. The Hall–Kier alpha value is -2.58. The molecule has 4 nitrogen and oxygen atoms in total. The molecule has 4 heterocycles. The van der Waals surface area contributed by atoms with Crippen molar-refractivity contribution in [1.29, 1.82) is 0 Å². The molecule has 2 aromatic heterocycles. The Kier molecular flexibility index (Phi) is 5.14. The van der Waals surface area contributed by atoms with Crippen LogP contribution in [-0.2, 0) is 13.1 Å². The molecule has 1 fully saturated rings. The number of hydrogen-bond acceptors (Lipinski definition) is 4. The quantitative estimate of drug-likeness (QED) is 0.560. The molecule has 5 rings (SSSR count). The van der Waals surface area contributed by atoms with Crippen LogP contribution in [0, 0.1) is 5.92 Å². The maximum absolute atomic E-state index is 12.6. The highest BCUT2D eigenvalue weighted by Gasteiger charge is 2.36. The van der Waals surface area contributed by atoms with E-state index in [2.05, 4.69) is 27.1 Å². The smallest absolute Gasteiger partial charge is 0.406 e. The lowest BCUT2D eigenvalue weighted by Crippen LogP contribution is -2.46. The number of halogens is 3. The van der Waals surface area contributed by atoms with Crippen LogP contribution in [0.1, 0.15) is 22.9 Å². The van der Waals surface area contributed by atoms with Crippen LogP contribution in [0.2, 0.25) is 0 Å². The second-order valence-electron chi connectivity index (χ2n) is 8.23. The summed E-state index contributed by atoms with van der Waals surface area (Å²) in [6.07, 6.45) is -3.70. The van der Waals surface area contributed by atoms with E-state index in [9.17, 15) is 18.0 Å². The Labute approximate surface area is 181 Å². The molecule has 0 N–H and O–H groups in total. The van der Waals surface area contributed by atoms with Crippen molar-refractivity contribution < 1.29 is 17.9 Å². The van der Waals surface area contributed by atoms with Crippen molar-refractivity contribution in [2.24, 2.45) is 5.92 Å². The van der Waals surface area contributed by atoms with Crippen LogP contribution in [0.15, 0.2) is 58.7 Å². The predicted molar refractivity (Wildman–Crippen MR) is 113 cm³/mol. The molecule has 162 valence electrons. The highest BCUT2D eigenvalue weighted by atomic mass is 32.1. The average molecular weight is 446 g/mol. The van der Waals surface area contributed by atoms with Crippen molar-refractivity contribution in [3.05, 3.63) is 74.8 Å². The molecule has 2 aliphatic heterocycles. The average Bonchev–Trinajstić information content (AvgIpc) is 3.21. The summed E-state index contributed by atoms with van der Waals surface area (Å²) in [6, 6.07) is 13.4. The number of likely N-dealkylation sites (tertiary alicyclic amines) is 1. The number of nitrogens with zero attached hydrogens (tertiary/aromatic N) is 2. The highest BCUT2D eigenvalue weighted by molar-refractivity contribution is 7.09. The van der Waals surface area contributed by atoms with Crippen LogP contribution < -0.4 is 10.3 Å². The molecule has 31 heavy (non-hydrogen) atoms. The van der Waals surface area contributed by atoms with Gasteiger partial charge in [0.05, 0.1) is 0 Å². The Morgan fingerprint density at radius 3 is 2.55 bits per heavy atom. The molecule has 8 heteroatoms. The fraction of sp³-hybridized carbons (Fsp3) is 0.348. The summed E-state index contributed by atoms with van der Waals surface area (Å²) in [5.74, 6) is 0.377. The van der Waals surface area contributed by atoms with Crippen LogP contribution in [-0.4, -0.2) is 28.9 Å². The minimum Gasteiger partial charge on any atom is -0.406 e. The lowest BCUT2D eigenvalue weighted by atomic mass is 9.80. The number of aromatic nitrogens is 1. The van der Waals surface area contributed by atoms with Crippen molar-refractivity contribution in [3.8, 4) is 16.9 Å². The zero-order chi connectivity index (χ0) is 21.6. The second-order valence-corrected chi connectivity index (χ2v) is 9.26. The Morgan fingerprint density at radius 2 is 1.84 bits per heavy atom. The molecule has 0 saturated carbocycles. The summed E-state index contributed by atoms with van der Waals surface area (Å²) >= 11 is 1.75. The second kappa shape index (κ2) is 7.84. The first-order chi connectivity index (χ1) is 14.9. The van der Waals surface area contributed by atoms with E-state index in [0.717, 1.165) is 42.9 Å². The van der Waals surface area contributed by atoms with E-state index in [1.54, 1.807) is 35.6 Å². The third kappa shape index (κ3) is 4.27. The molecular weight excluding hydrogens is 425 g/mol. The van der Waals surface area contributed by atoms with Crippen LogP contribution in [0.25, 0.3) is 11.1 Å². The Morgan fingerprint density at radius 1 is 1.03 bits per heavy atom. The normalized spacial score (nSPS) is 21.0. The number of benzene rings is 1. The Balaban J connectivity index is 1.47. The summed E-state index contributed by atoms with van der Waals surface area (Å²) in [5, 5.41) is 2.08. The first-order valence-corrected chi connectivity index (χ1v) is 11.1. The number of rotatable bonds is 4. The standard InChI is InChI=1S/C23H21F3N2O2S/c24-23(25,26)30-18-5-3-16(4-6-18)20-7-8-21(29)28-12-15-10-17(22(20)28)13-27(11-15)14-19-2-1-9-31-19/h1-9,15,17H,10-14H2/t15-,17+/m0/s1. The van der Waals surface area contributed by atoms with Crippen LogP contribution >= 0.6 is 11.3 Å². The van der Waals surface area contributed by atoms with Gasteiger partial charge in [0.15, 0.2) is 0 Å². The topological polar surface area (TPSA) is 34.5 Å². The molecule has 0 radical (unpaired) electrons. The molecule has 0 amide bonds. The molecule has 2 bridgehead atoms. The van der Waals surface area contributed by atoms with Gasteiger partial charge in [-0.2, -0.15) is 0 Å². The van der Waals surface area contributed by atoms with E-state index >= 15 is 0 Å². The van der Waals surface area contributed by atoms with Gasteiger partial charge in [0.2, 0.25) is 0 Å². The predicted octanol–water partition coefficient (Wildman–Crippen LogP) is 5.09. The number of alkyl halides is 3. The lowest BCUT2D eigenvalue weighted by Gasteiger charge is -2.43. The molecule has 1 saturated heterocycles. The van der Waals surface area contributed by atoms with Gasteiger partial charge in [0.1, 0.15) is 5.75 Å². The van der Waals surface area contributed by atoms with Gasteiger partial charge < -0.3 is 9.30 Å². The molecule has 0 aliphatic carbocycles. The number of piperidine rings is 1. The molecule has 0 spiro atoms.